The molecule has 7 heterocycles. The first-order valence-electron chi connectivity index (χ1n) is 23.4. The molecule has 7 saturated heterocycles. The summed E-state index contributed by atoms with van der Waals surface area (Å²) in [5.41, 5.74) is -0.881. The summed E-state index contributed by atoms with van der Waals surface area (Å²) in [5, 5.41) is 43.1. The van der Waals surface area contributed by atoms with Gasteiger partial charge < -0.3 is 72.5 Å². The van der Waals surface area contributed by atoms with Gasteiger partial charge in [0.1, 0.15) is 6.10 Å². The van der Waals surface area contributed by atoms with Crippen molar-refractivity contribution in [1.29, 1.82) is 0 Å². The largest absolute Gasteiger partial charge is 0.479 e. The molecule has 7 aliphatic rings. The summed E-state index contributed by atoms with van der Waals surface area (Å²) < 4.78 is 71.9. The Kier molecular flexibility index (Phi) is 14.6. The smallest absolute Gasteiger partial charge is 0.338 e. The molecule has 4 N–H and O–H groups in total. The van der Waals surface area contributed by atoms with Crippen LogP contribution in [0.1, 0.15) is 120 Å². The van der Waals surface area contributed by atoms with E-state index in [0.29, 0.717) is 25.7 Å². The molecule has 0 aromatic carbocycles. The Bertz CT molecular complexity index is 1530. The number of carboxylic acid groups (broad SMARTS) is 1. The van der Waals surface area contributed by atoms with E-state index in [2.05, 4.69) is 27.7 Å². The van der Waals surface area contributed by atoms with Crippen LogP contribution in [0, 0.1) is 35.5 Å². The van der Waals surface area contributed by atoms with Crippen LogP contribution in [-0.2, 0) is 56.9 Å². The predicted molar refractivity (Wildman–Crippen MR) is 222 cm³/mol. The highest BCUT2D eigenvalue weighted by molar-refractivity contribution is 5.73. The number of carboxylic acids is 1. The molecule has 7 rings (SSSR count). The minimum absolute atomic E-state index is 0.0139. The quantitative estimate of drug-likeness (QED) is 0.213. The van der Waals surface area contributed by atoms with E-state index in [0.717, 1.165) is 25.7 Å². The van der Waals surface area contributed by atoms with Crippen LogP contribution in [0.3, 0.4) is 0 Å². The van der Waals surface area contributed by atoms with Crippen LogP contribution in [-0.4, -0.2) is 156 Å². The van der Waals surface area contributed by atoms with Crippen molar-refractivity contribution in [3.63, 3.8) is 0 Å². The van der Waals surface area contributed by atoms with Gasteiger partial charge in [-0.25, -0.2) is 4.79 Å². The monoisotopic (exact) mass is 887 g/mol. The summed E-state index contributed by atoms with van der Waals surface area (Å²) in [4.78, 5) is 12.0. The standard InChI is InChI=1S/C46H78O16/c1-22-17-23(2)44(9,50)61-38(22)32-14-13-31(56-32)35-20-36(57-37-16-15-30(52-10)28(7)55-37)41(58-35)43(8)21-24(3)46(62-43)26(5)34(53-11)19-29(59-46)18-33-25(4)39(54-12)27(6)45(51,60-33)40(47)42(48)49/h22-41,47,50-51H,13-21H2,1-12H3,(H,48,49)/t22-,23+,24+,25+,26+,27-,28+,29+,30-,31+,32+,33-,34+,35-,36+,37?,38-,39+,40-,41+,43-,44-,45-,46+/m0/s1. The summed E-state index contributed by atoms with van der Waals surface area (Å²) in [6, 6.07) is 0. The first-order chi connectivity index (χ1) is 29.1. The predicted octanol–water partition coefficient (Wildman–Crippen LogP) is 4.55. The highest BCUT2D eigenvalue weighted by atomic mass is 16.7. The van der Waals surface area contributed by atoms with Crippen LogP contribution in [0.15, 0.2) is 0 Å². The molecule has 0 aromatic rings. The average molecular weight is 887 g/mol. The lowest BCUT2D eigenvalue weighted by Gasteiger charge is -2.53. The average Bonchev–Trinajstić information content (AvgIpc) is 3.94. The number of rotatable bonds is 12. The minimum Gasteiger partial charge on any atom is -0.479 e. The number of aliphatic hydroxyl groups excluding tert-OH is 1. The maximum atomic E-state index is 12.0. The van der Waals surface area contributed by atoms with Gasteiger partial charge in [0, 0.05) is 76.6 Å². The van der Waals surface area contributed by atoms with E-state index in [9.17, 15) is 25.2 Å². The first kappa shape index (κ1) is 48.8. The molecule has 1 spiro atoms. The van der Waals surface area contributed by atoms with Crippen LogP contribution in [0.25, 0.3) is 0 Å². The highest BCUT2D eigenvalue weighted by Crippen LogP contribution is 2.56. The van der Waals surface area contributed by atoms with Crippen LogP contribution >= 0.6 is 0 Å². The number of aliphatic carboxylic acids is 1. The zero-order valence-electron chi connectivity index (χ0n) is 39.1. The summed E-state index contributed by atoms with van der Waals surface area (Å²) >= 11 is 0. The fourth-order valence-electron chi connectivity index (χ4n) is 12.7. The van der Waals surface area contributed by atoms with Crippen LogP contribution in [0.5, 0.6) is 0 Å². The van der Waals surface area contributed by atoms with Crippen molar-refractivity contribution in [2.75, 3.05) is 21.3 Å². The summed E-state index contributed by atoms with van der Waals surface area (Å²) in [7, 11) is 4.90. The van der Waals surface area contributed by atoms with Crippen molar-refractivity contribution in [3.8, 4) is 0 Å². The molecule has 358 valence electrons. The molecule has 1 unspecified atom stereocenters. The molecule has 16 heteroatoms. The van der Waals surface area contributed by atoms with Crippen molar-refractivity contribution in [1.82, 2.24) is 0 Å². The van der Waals surface area contributed by atoms with Gasteiger partial charge >= 0.3 is 5.97 Å². The Morgan fingerprint density at radius 1 is 0.742 bits per heavy atom. The SMILES string of the molecule is CO[C@@H]1[C@H](C)[C@H](C[C@@H]2C[C@@H](OC)[C@@H](C)[C@]3(O2)O[C@](C)([C@@H]2O[C@H]([C@H]4CC[C@H]([C@H]5O[C@](C)(O)[C@H](C)C[C@@H]5C)O4)C[C@H]2OC2CC[C@H](OC)[C@@H](C)O2)C[C@H]3C)O[C@](O)([C@@H](O)C(=O)O)[C@H]1C. The molecule has 0 saturated carbocycles. The van der Waals surface area contributed by atoms with E-state index in [1.54, 1.807) is 28.1 Å². The summed E-state index contributed by atoms with van der Waals surface area (Å²) in [5.74, 6) is -7.53. The van der Waals surface area contributed by atoms with Gasteiger partial charge in [-0.05, 0) is 58.8 Å². The first-order valence-corrected chi connectivity index (χ1v) is 23.4. The second-order valence-corrected chi connectivity index (χ2v) is 20.7. The van der Waals surface area contributed by atoms with E-state index < -0.39 is 77.8 Å². The lowest BCUT2D eigenvalue weighted by molar-refractivity contribution is -0.369. The Hall–Kier alpha value is -1.09. The number of ether oxygens (including phenoxy) is 11. The number of methoxy groups -OCH3 is 3. The van der Waals surface area contributed by atoms with Gasteiger partial charge in [0.15, 0.2) is 17.9 Å². The Labute approximate surface area is 368 Å². The third kappa shape index (κ3) is 8.91. The Morgan fingerprint density at radius 3 is 2.08 bits per heavy atom. The lowest BCUT2D eigenvalue weighted by atomic mass is 9.75. The molecule has 7 aliphatic heterocycles. The van der Waals surface area contributed by atoms with Gasteiger partial charge in [-0.1, -0.05) is 41.5 Å². The summed E-state index contributed by atoms with van der Waals surface area (Å²) in [6.07, 6.45) is -0.906. The summed E-state index contributed by atoms with van der Waals surface area (Å²) in [6.45, 7) is 17.8. The normalized spacial score (nSPS) is 54.2. The molecule has 0 bridgehead atoms. The van der Waals surface area contributed by atoms with E-state index in [4.69, 9.17) is 52.1 Å². The van der Waals surface area contributed by atoms with Gasteiger partial charge in [-0.2, -0.15) is 0 Å². The Balaban J connectivity index is 1.12. The molecule has 62 heavy (non-hydrogen) atoms. The number of hydrogen-bond acceptors (Lipinski definition) is 15. The third-order valence-corrected chi connectivity index (χ3v) is 16.5. The molecule has 0 aliphatic carbocycles. The van der Waals surface area contributed by atoms with E-state index in [-0.39, 0.29) is 78.7 Å². The van der Waals surface area contributed by atoms with Crippen molar-refractivity contribution in [2.24, 2.45) is 35.5 Å². The fourth-order valence-corrected chi connectivity index (χ4v) is 12.7. The van der Waals surface area contributed by atoms with Crippen molar-refractivity contribution in [2.45, 2.75) is 229 Å². The maximum absolute atomic E-state index is 12.0. The second kappa shape index (κ2) is 18.5. The van der Waals surface area contributed by atoms with Gasteiger partial charge in [-0.3, -0.25) is 0 Å². The van der Waals surface area contributed by atoms with E-state index >= 15 is 0 Å². The van der Waals surface area contributed by atoms with Crippen LogP contribution in [0.4, 0.5) is 0 Å². The number of aliphatic hydroxyl groups is 3. The van der Waals surface area contributed by atoms with Crippen molar-refractivity contribution in [3.05, 3.63) is 0 Å². The molecule has 16 nitrogen and oxygen atoms in total. The molecule has 7 fully saturated rings. The van der Waals surface area contributed by atoms with Gasteiger partial charge in [0.2, 0.25) is 11.9 Å². The lowest BCUT2D eigenvalue weighted by Crippen LogP contribution is -2.65. The zero-order valence-corrected chi connectivity index (χ0v) is 39.1. The zero-order chi connectivity index (χ0) is 45.3. The molecular weight excluding hydrogens is 808 g/mol. The van der Waals surface area contributed by atoms with E-state index in [1.807, 2.05) is 20.8 Å². The molecule has 24 atom stereocenters. The maximum Gasteiger partial charge on any atom is 0.338 e. The van der Waals surface area contributed by atoms with Crippen LogP contribution < -0.4 is 0 Å². The van der Waals surface area contributed by atoms with E-state index in [1.165, 1.54) is 7.11 Å². The molecule has 0 amide bonds. The topological polar surface area (TPSA) is 200 Å². The third-order valence-electron chi connectivity index (χ3n) is 16.5. The minimum atomic E-state index is -2.39. The Morgan fingerprint density at radius 2 is 1.44 bits per heavy atom. The van der Waals surface area contributed by atoms with Gasteiger partial charge in [-0.15, -0.1) is 0 Å². The van der Waals surface area contributed by atoms with Crippen LogP contribution in [0.2, 0.25) is 0 Å². The van der Waals surface area contributed by atoms with Crippen molar-refractivity contribution >= 4 is 5.97 Å². The van der Waals surface area contributed by atoms with Gasteiger partial charge in [0.25, 0.3) is 0 Å². The number of hydrogen-bond donors (Lipinski definition) is 4. The fraction of sp³-hybridized carbons (Fsp3) is 0.978. The molecular formula is C46H78O16. The van der Waals surface area contributed by atoms with Gasteiger partial charge in [0.05, 0.1) is 72.7 Å². The molecule has 0 aromatic heterocycles. The highest BCUT2D eigenvalue weighted by Gasteiger charge is 2.66. The second-order valence-electron chi connectivity index (χ2n) is 20.7. The van der Waals surface area contributed by atoms with Crippen molar-refractivity contribution < 1.29 is 77.3 Å². The molecule has 0 radical (unpaired) electrons. The number of carbonyl (C=O) groups is 1.